The van der Waals surface area contributed by atoms with E-state index in [1.54, 1.807) is 0 Å². The Labute approximate surface area is 101 Å². The number of nitrogens with one attached hydrogen (secondary N) is 1. The standard InChI is InChI=1S/C13H28N2O/c1-2-12-16-13-8-14-7-6-11-15-9-4-3-5-10-15/h14H,2-13H2,1H3. The fourth-order valence-electron chi connectivity index (χ4n) is 2.13. The first-order valence-electron chi connectivity index (χ1n) is 6.94. The summed E-state index contributed by atoms with van der Waals surface area (Å²) < 4.78 is 5.41. The zero-order valence-corrected chi connectivity index (χ0v) is 10.8. The minimum atomic E-state index is 0.859. The Bertz CT molecular complexity index is 147. The number of likely N-dealkylation sites (tertiary alicyclic amines) is 1. The van der Waals surface area contributed by atoms with Crippen LogP contribution in [0.4, 0.5) is 0 Å². The van der Waals surface area contributed by atoms with Gasteiger partial charge in [0, 0.05) is 13.2 Å². The highest BCUT2D eigenvalue weighted by atomic mass is 16.5. The quantitative estimate of drug-likeness (QED) is 0.610. The maximum atomic E-state index is 5.41. The van der Waals surface area contributed by atoms with E-state index in [-0.39, 0.29) is 0 Å². The van der Waals surface area contributed by atoms with Crippen molar-refractivity contribution in [3.8, 4) is 0 Å². The highest BCUT2D eigenvalue weighted by Crippen LogP contribution is 2.08. The Morgan fingerprint density at radius 3 is 2.62 bits per heavy atom. The molecule has 0 radical (unpaired) electrons. The highest BCUT2D eigenvalue weighted by Gasteiger charge is 2.08. The van der Waals surface area contributed by atoms with Gasteiger partial charge in [0.15, 0.2) is 0 Å². The molecule has 1 heterocycles. The van der Waals surface area contributed by atoms with Gasteiger partial charge in [-0.2, -0.15) is 0 Å². The molecule has 1 N–H and O–H groups in total. The molecule has 1 rings (SSSR count). The molecule has 96 valence electrons. The maximum Gasteiger partial charge on any atom is 0.0590 e. The molecule has 1 aliphatic rings. The molecule has 0 aromatic rings. The van der Waals surface area contributed by atoms with Gasteiger partial charge in [-0.25, -0.2) is 0 Å². The molecule has 1 saturated heterocycles. The van der Waals surface area contributed by atoms with Gasteiger partial charge >= 0.3 is 0 Å². The van der Waals surface area contributed by atoms with Crippen LogP contribution in [0, 0.1) is 0 Å². The van der Waals surface area contributed by atoms with Crippen LogP contribution in [0.3, 0.4) is 0 Å². The Morgan fingerprint density at radius 2 is 1.88 bits per heavy atom. The van der Waals surface area contributed by atoms with Crippen LogP contribution in [0.2, 0.25) is 0 Å². The molecule has 0 amide bonds. The van der Waals surface area contributed by atoms with E-state index in [4.69, 9.17) is 4.74 Å². The lowest BCUT2D eigenvalue weighted by atomic mass is 10.1. The Morgan fingerprint density at radius 1 is 1.06 bits per heavy atom. The summed E-state index contributed by atoms with van der Waals surface area (Å²) in [6.07, 6.45) is 6.63. The first-order chi connectivity index (χ1) is 7.93. The minimum absolute atomic E-state index is 0.859. The predicted octanol–water partition coefficient (Wildman–Crippen LogP) is 1.88. The van der Waals surface area contributed by atoms with E-state index in [2.05, 4.69) is 17.1 Å². The number of nitrogens with zero attached hydrogens (tertiary/aromatic N) is 1. The van der Waals surface area contributed by atoms with Gasteiger partial charge in [0.1, 0.15) is 0 Å². The number of hydrogen-bond acceptors (Lipinski definition) is 3. The first kappa shape index (κ1) is 13.9. The number of hydrogen-bond donors (Lipinski definition) is 1. The third-order valence-corrected chi connectivity index (χ3v) is 3.05. The molecule has 3 heteroatoms. The molecular formula is C13H28N2O. The van der Waals surface area contributed by atoms with Gasteiger partial charge < -0.3 is 15.0 Å². The SMILES string of the molecule is CCCOCCNCCCN1CCCCC1. The molecule has 16 heavy (non-hydrogen) atoms. The van der Waals surface area contributed by atoms with Crippen molar-refractivity contribution in [1.82, 2.24) is 10.2 Å². The molecule has 0 bridgehead atoms. The number of ether oxygens (including phenoxy) is 1. The summed E-state index contributed by atoms with van der Waals surface area (Å²) in [6, 6.07) is 0. The van der Waals surface area contributed by atoms with Crippen molar-refractivity contribution in [2.24, 2.45) is 0 Å². The van der Waals surface area contributed by atoms with Gasteiger partial charge in [0.25, 0.3) is 0 Å². The van der Waals surface area contributed by atoms with Crippen molar-refractivity contribution in [2.75, 3.05) is 45.9 Å². The van der Waals surface area contributed by atoms with Crippen molar-refractivity contribution in [1.29, 1.82) is 0 Å². The van der Waals surface area contributed by atoms with E-state index < -0.39 is 0 Å². The predicted molar refractivity (Wildman–Crippen MR) is 68.9 cm³/mol. The van der Waals surface area contributed by atoms with Crippen LogP contribution in [0.5, 0.6) is 0 Å². The van der Waals surface area contributed by atoms with Crippen LogP contribution in [0.1, 0.15) is 39.0 Å². The van der Waals surface area contributed by atoms with Crippen LogP contribution in [-0.2, 0) is 4.74 Å². The van der Waals surface area contributed by atoms with Crippen molar-refractivity contribution in [3.63, 3.8) is 0 Å². The van der Waals surface area contributed by atoms with Gasteiger partial charge in [0.2, 0.25) is 0 Å². The normalized spacial score (nSPS) is 17.8. The smallest absolute Gasteiger partial charge is 0.0590 e. The molecule has 0 aromatic carbocycles. The lowest BCUT2D eigenvalue weighted by Gasteiger charge is -2.26. The molecule has 1 fully saturated rings. The fraction of sp³-hybridized carbons (Fsp3) is 1.00. The van der Waals surface area contributed by atoms with Crippen LogP contribution in [0.25, 0.3) is 0 Å². The second-order valence-corrected chi connectivity index (χ2v) is 4.62. The van der Waals surface area contributed by atoms with Gasteiger partial charge in [-0.1, -0.05) is 13.3 Å². The van der Waals surface area contributed by atoms with Gasteiger partial charge in [0.05, 0.1) is 6.61 Å². The van der Waals surface area contributed by atoms with Crippen molar-refractivity contribution >= 4 is 0 Å². The van der Waals surface area contributed by atoms with Crippen molar-refractivity contribution < 1.29 is 4.74 Å². The summed E-state index contributed by atoms with van der Waals surface area (Å²) in [5, 5.41) is 3.43. The Balaban J connectivity index is 1.77. The van der Waals surface area contributed by atoms with Crippen LogP contribution in [-0.4, -0.2) is 50.8 Å². The number of piperidine rings is 1. The summed E-state index contributed by atoms with van der Waals surface area (Å²) in [4.78, 5) is 2.60. The van der Waals surface area contributed by atoms with Crippen LogP contribution >= 0.6 is 0 Å². The molecular weight excluding hydrogens is 200 g/mol. The second kappa shape index (κ2) is 10.1. The molecule has 0 saturated carbocycles. The average molecular weight is 228 g/mol. The van der Waals surface area contributed by atoms with Crippen molar-refractivity contribution in [3.05, 3.63) is 0 Å². The average Bonchev–Trinajstić information content (AvgIpc) is 2.34. The monoisotopic (exact) mass is 228 g/mol. The minimum Gasteiger partial charge on any atom is -0.380 e. The summed E-state index contributed by atoms with van der Waals surface area (Å²) in [6.45, 7) is 9.94. The Kier molecular flexibility index (Phi) is 8.77. The van der Waals surface area contributed by atoms with E-state index in [9.17, 15) is 0 Å². The van der Waals surface area contributed by atoms with E-state index in [0.717, 1.165) is 32.7 Å². The van der Waals surface area contributed by atoms with E-state index >= 15 is 0 Å². The molecule has 0 unspecified atom stereocenters. The largest absolute Gasteiger partial charge is 0.380 e. The number of rotatable bonds is 9. The highest BCUT2D eigenvalue weighted by molar-refractivity contribution is 4.64. The zero-order chi connectivity index (χ0) is 11.5. The topological polar surface area (TPSA) is 24.5 Å². The van der Waals surface area contributed by atoms with Gasteiger partial charge in [-0.15, -0.1) is 0 Å². The van der Waals surface area contributed by atoms with Gasteiger partial charge in [-0.3, -0.25) is 0 Å². The van der Waals surface area contributed by atoms with Crippen LogP contribution in [0.15, 0.2) is 0 Å². The molecule has 0 spiro atoms. The summed E-state index contributed by atoms with van der Waals surface area (Å²) in [5.41, 5.74) is 0. The van der Waals surface area contributed by atoms with Gasteiger partial charge in [-0.05, 0) is 51.9 Å². The molecule has 0 aliphatic carbocycles. The van der Waals surface area contributed by atoms with E-state index in [1.165, 1.54) is 45.3 Å². The zero-order valence-electron chi connectivity index (χ0n) is 10.8. The molecule has 1 aliphatic heterocycles. The second-order valence-electron chi connectivity index (χ2n) is 4.62. The summed E-state index contributed by atoms with van der Waals surface area (Å²) in [7, 11) is 0. The summed E-state index contributed by atoms with van der Waals surface area (Å²) in [5.74, 6) is 0. The Hall–Kier alpha value is -0.120. The molecule has 3 nitrogen and oxygen atoms in total. The lowest BCUT2D eigenvalue weighted by Crippen LogP contribution is -2.32. The third kappa shape index (κ3) is 7.20. The maximum absolute atomic E-state index is 5.41. The molecule has 0 aromatic heterocycles. The van der Waals surface area contributed by atoms with E-state index in [0.29, 0.717) is 0 Å². The van der Waals surface area contributed by atoms with E-state index in [1.807, 2.05) is 0 Å². The fourth-order valence-corrected chi connectivity index (χ4v) is 2.13. The third-order valence-electron chi connectivity index (χ3n) is 3.05. The summed E-state index contributed by atoms with van der Waals surface area (Å²) >= 11 is 0. The van der Waals surface area contributed by atoms with Crippen molar-refractivity contribution in [2.45, 2.75) is 39.0 Å². The lowest BCUT2D eigenvalue weighted by molar-refractivity contribution is 0.136. The first-order valence-corrected chi connectivity index (χ1v) is 6.94. The molecule has 0 atom stereocenters. The van der Waals surface area contributed by atoms with Crippen LogP contribution < -0.4 is 5.32 Å².